The third kappa shape index (κ3) is 11.0. The number of nitrogens with zero attached hydrogens (tertiary/aromatic N) is 1. The summed E-state index contributed by atoms with van der Waals surface area (Å²) in [5, 5.41) is 5.42. The number of aliphatic imine (C=N–C) groups is 1. The fourth-order valence-corrected chi connectivity index (χ4v) is 1.95. The van der Waals surface area contributed by atoms with Gasteiger partial charge in [0, 0.05) is 13.1 Å². The maximum absolute atomic E-state index is 12.4. The van der Waals surface area contributed by atoms with Crippen molar-refractivity contribution in [3.05, 3.63) is 23.8 Å². The summed E-state index contributed by atoms with van der Waals surface area (Å²) < 4.78 is 71.0. The molecule has 156 valence electrons. The maximum Gasteiger partial charge on any atom is 0.390 e. The van der Waals surface area contributed by atoms with Crippen molar-refractivity contribution >= 4 is 29.9 Å². The van der Waals surface area contributed by atoms with Gasteiger partial charge in [0.05, 0.1) is 19.6 Å². The van der Waals surface area contributed by atoms with Gasteiger partial charge in [-0.05, 0) is 31.5 Å². The summed E-state index contributed by atoms with van der Waals surface area (Å²) in [4.78, 5) is 4.18. The molecule has 0 aliphatic carbocycles. The van der Waals surface area contributed by atoms with Crippen LogP contribution >= 0.6 is 24.0 Å². The molecule has 1 aromatic rings. The number of halogens is 6. The summed E-state index contributed by atoms with van der Waals surface area (Å²) in [5.41, 5.74) is 0.628. The first kappa shape index (κ1) is 25.5. The molecule has 2 N–H and O–H groups in total. The topological polar surface area (TPSA) is 54.9 Å². The van der Waals surface area contributed by atoms with Crippen LogP contribution in [0.2, 0.25) is 0 Å². The van der Waals surface area contributed by atoms with E-state index in [0.29, 0.717) is 12.1 Å². The van der Waals surface area contributed by atoms with Gasteiger partial charge in [-0.2, -0.15) is 22.0 Å². The quantitative estimate of drug-likeness (QED) is 0.225. The molecule has 1 aromatic carbocycles. The second kappa shape index (κ2) is 12.8. The van der Waals surface area contributed by atoms with Gasteiger partial charge in [0.15, 0.2) is 17.5 Å². The van der Waals surface area contributed by atoms with Gasteiger partial charge in [0.2, 0.25) is 0 Å². The average molecular weight is 511 g/mol. The van der Waals surface area contributed by atoms with Crippen molar-refractivity contribution in [3.8, 4) is 11.5 Å². The van der Waals surface area contributed by atoms with Gasteiger partial charge in [0.1, 0.15) is 0 Å². The first-order chi connectivity index (χ1) is 12.2. The molecule has 0 saturated carbocycles. The molecule has 5 nitrogen and oxygen atoms in total. The Balaban J connectivity index is 0.00000676. The highest BCUT2D eigenvalue weighted by molar-refractivity contribution is 14.0. The van der Waals surface area contributed by atoms with Crippen LogP contribution in [0.5, 0.6) is 11.5 Å². The first-order valence-corrected chi connectivity index (χ1v) is 8.04. The molecule has 11 heteroatoms. The summed E-state index contributed by atoms with van der Waals surface area (Å²) in [6.07, 6.45) is -5.23. The fourth-order valence-electron chi connectivity index (χ4n) is 1.95. The van der Waals surface area contributed by atoms with E-state index < -0.39 is 19.2 Å². The third-order valence-corrected chi connectivity index (χ3v) is 2.99. The highest BCUT2D eigenvalue weighted by Gasteiger charge is 2.26. The van der Waals surface area contributed by atoms with Crippen LogP contribution < -0.4 is 20.1 Å². The van der Waals surface area contributed by atoms with E-state index in [1.807, 2.05) is 0 Å². The van der Waals surface area contributed by atoms with Gasteiger partial charge in [-0.15, -0.1) is 24.0 Å². The van der Waals surface area contributed by atoms with E-state index in [1.165, 1.54) is 18.2 Å². The summed E-state index contributed by atoms with van der Waals surface area (Å²) in [6.45, 7) is 1.06. The van der Waals surface area contributed by atoms with E-state index in [0.717, 1.165) is 0 Å². The lowest BCUT2D eigenvalue weighted by Gasteiger charge is -2.14. The van der Waals surface area contributed by atoms with Crippen molar-refractivity contribution in [2.24, 2.45) is 4.99 Å². The predicted octanol–water partition coefficient (Wildman–Crippen LogP) is 4.31. The van der Waals surface area contributed by atoms with Crippen molar-refractivity contribution in [2.75, 3.05) is 19.7 Å². The van der Waals surface area contributed by atoms with Crippen LogP contribution in [0.15, 0.2) is 23.2 Å². The SMILES string of the molecule is CCNC(=NCc1ccc(OC(F)F)c(OCC)c1)NCCC(F)(F)F.I. The molecule has 0 unspecified atom stereocenters. The minimum Gasteiger partial charge on any atom is -0.490 e. The van der Waals surface area contributed by atoms with Gasteiger partial charge < -0.3 is 20.1 Å². The summed E-state index contributed by atoms with van der Waals surface area (Å²) >= 11 is 0. The number of alkyl halides is 5. The molecule has 1 rings (SSSR count). The van der Waals surface area contributed by atoms with Crippen molar-refractivity contribution in [3.63, 3.8) is 0 Å². The Bertz CT molecular complexity index is 586. The zero-order chi connectivity index (χ0) is 19.6. The summed E-state index contributed by atoms with van der Waals surface area (Å²) in [7, 11) is 0. The monoisotopic (exact) mass is 511 g/mol. The number of rotatable bonds is 9. The van der Waals surface area contributed by atoms with Gasteiger partial charge in [0.25, 0.3) is 0 Å². The van der Waals surface area contributed by atoms with Gasteiger partial charge in [-0.3, -0.25) is 0 Å². The Hall–Kier alpha value is -1.53. The zero-order valence-corrected chi connectivity index (χ0v) is 17.2. The molecule has 0 aliphatic rings. The van der Waals surface area contributed by atoms with Gasteiger partial charge in [-0.25, -0.2) is 4.99 Å². The van der Waals surface area contributed by atoms with E-state index in [9.17, 15) is 22.0 Å². The van der Waals surface area contributed by atoms with Crippen molar-refractivity contribution < 1.29 is 31.4 Å². The molecule has 0 fully saturated rings. The molecule has 0 radical (unpaired) electrons. The number of guanidine groups is 1. The highest BCUT2D eigenvalue weighted by Crippen LogP contribution is 2.30. The van der Waals surface area contributed by atoms with Crippen molar-refractivity contribution in [1.29, 1.82) is 0 Å². The Morgan fingerprint density at radius 2 is 1.85 bits per heavy atom. The molecule has 0 atom stereocenters. The molecule has 0 aliphatic heterocycles. The minimum absolute atomic E-state index is 0. The molecular formula is C16H23F5IN3O2. The van der Waals surface area contributed by atoms with Crippen LogP contribution in [0.4, 0.5) is 22.0 Å². The number of ether oxygens (including phenoxy) is 2. The van der Waals surface area contributed by atoms with E-state index in [-0.39, 0.29) is 61.1 Å². The van der Waals surface area contributed by atoms with Crippen LogP contribution in [0, 0.1) is 0 Å². The molecule has 0 aromatic heterocycles. The second-order valence-electron chi connectivity index (χ2n) is 5.08. The Morgan fingerprint density at radius 1 is 1.15 bits per heavy atom. The smallest absolute Gasteiger partial charge is 0.390 e. The van der Waals surface area contributed by atoms with Gasteiger partial charge in [-0.1, -0.05) is 6.07 Å². The minimum atomic E-state index is -4.25. The van der Waals surface area contributed by atoms with E-state index >= 15 is 0 Å². The molecule has 0 bridgehead atoms. The fraction of sp³-hybridized carbons (Fsp3) is 0.562. The average Bonchev–Trinajstić information content (AvgIpc) is 2.53. The molecule has 0 heterocycles. The Morgan fingerprint density at radius 3 is 2.41 bits per heavy atom. The van der Waals surface area contributed by atoms with E-state index in [1.54, 1.807) is 13.8 Å². The zero-order valence-electron chi connectivity index (χ0n) is 14.9. The van der Waals surface area contributed by atoms with E-state index in [2.05, 4.69) is 20.4 Å². The summed E-state index contributed by atoms with van der Waals surface area (Å²) in [5.74, 6) is 0.280. The number of hydrogen-bond acceptors (Lipinski definition) is 3. The number of hydrogen-bond donors (Lipinski definition) is 2. The van der Waals surface area contributed by atoms with E-state index in [4.69, 9.17) is 4.74 Å². The first-order valence-electron chi connectivity index (χ1n) is 8.04. The third-order valence-electron chi connectivity index (χ3n) is 2.99. The van der Waals surface area contributed by atoms with Crippen LogP contribution in [-0.4, -0.2) is 38.4 Å². The maximum atomic E-state index is 12.4. The highest BCUT2D eigenvalue weighted by atomic mass is 127. The van der Waals surface area contributed by atoms with Crippen LogP contribution in [-0.2, 0) is 6.54 Å². The molecular weight excluding hydrogens is 488 g/mol. The standard InChI is InChI=1S/C16H22F5N3O2.HI/c1-3-22-15(23-8-7-16(19,20)21)24-10-11-5-6-12(26-14(17)18)13(9-11)25-4-2;/h5-6,9,14H,3-4,7-8,10H2,1-2H3,(H2,22,23,24);1H. The lowest BCUT2D eigenvalue weighted by molar-refractivity contribution is -0.132. The summed E-state index contributed by atoms with van der Waals surface area (Å²) in [6, 6.07) is 4.37. The number of nitrogens with one attached hydrogen (secondary N) is 2. The molecule has 0 spiro atoms. The molecule has 0 amide bonds. The molecule has 0 saturated heterocycles. The van der Waals surface area contributed by atoms with Crippen LogP contribution in [0.25, 0.3) is 0 Å². The lowest BCUT2D eigenvalue weighted by Crippen LogP contribution is -2.38. The van der Waals surface area contributed by atoms with Crippen LogP contribution in [0.3, 0.4) is 0 Å². The van der Waals surface area contributed by atoms with Gasteiger partial charge >= 0.3 is 12.8 Å². The predicted molar refractivity (Wildman–Crippen MR) is 103 cm³/mol. The van der Waals surface area contributed by atoms with Crippen molar-refractivity contribution in [2.45, 2.75) is 39.6 Å². The second-order valence-corrected chi connectivity index (χ2v) is 5.08. The largest absolute Gasteiger partial charge is 0.490 e. The lowest BCUT2D eigenvalue weighted by atomic mass is 10.2. The Kier molecular flexibility index (Phi) is 12.1. The van der Waals surface area contributed by atoms with Crippen molar-refractivity contribution in [1.82, 2.24) is 10.6 Å². The number of benzene rings is 1. The molecule has 27 heavy (non-hydrogen) atoms. The van der Waals surface area contributed by atoms with Crippen LogP contribution in [0.1, 0.15) is 25.8 Å². The Labute approximate surface area is 171 Å². The normalized spacial score (nSPS) is 11.8.